The van der Waals surface area contributed by atoms with Crippen LogP contribution in [-0.4, -0.2) is 5.54 Å². The Balaban J connectivity index is 1.94. The largest absolute Gasteiger partial charge is 0.486 e. The lowest BCUT2D eigenvalue weighted by atomic mass is 10.1. The van der Waals surface area contributed by atoms with Gasteiger partial charge in [0.1, 0.15) is 29.7 Å². The average Bonchev–Trinajstić information content (AvgIpc) is 2.76. The fourth-order valence-electron chi connectivity index (χ4n) is 1.87. The van der Waals surface area contributed by atoms with Crippen LogP contribution in [0.2, 0.25) is 0 Å². The van der Waals surface area contributed by atoms with Crippen LogP contribution in [0.5, 0.6) is 5.75 Å². The number of halogens is 1. The molecule has 0 atom stereocenters. The van der Waals surface area contributed by atoms with E-state index in [1.54, 1.807) is 12.1 Å². The predicted molar refractivity (Wildman–Crippen MR) is 80.8 cm³/mol. The van der Waals surface area contributed by atoms with Gasteiger partial charge in [-0.15, -0.1) is 0 Å². The normalized spacial score (nSPS) is 11.7. The smallest absolute Gasteiger partial charge is 0.146 e. The van der Waals surface area contributed by atoms with E-state index in [4.69, 9.17) is 9.15 Å². The highest BCUT2D eigenvalue weighted by Crippen LogP contribution is 2.18. The van der Waals surface area contributed by atoms with Gasteiger partial charge in [-0.2, -0.15) is 0 Å². The molecule has 0 radical (unpaired) electrons. The summed E-state index contributed by atoms with van der Waals surface area (Å²) in [6, 6.07) is 7.94. The van der Waals surface area contributed by atoms with Crippen LogP contribution in [0.4, 0.5) is 4.39 Å². The minimum Gasteiger partial charge on any atom is -0.486 e. The molecule has 0 spiro atoms. The van der Waals surface area contributed by atoms with Gasteiger partial charge < -0.3 is 14.5 Å². The van der Waals surface area contributed by atoms with Crippen LogP contribution >= 0.6 is 0 Å². The first-order chi connectivity index (χ1) is 9.83. The van der Waals surface area contributed by atoms with Crippen molar-refractivity contribution in [3.63, 3.8) is 0 Å². The van der Waals surface area contributed by atoms with Crippen molar-refractivity contribution >= 4 is 0 Å². The second-order valence-corrected chi connectivity index (χ2v) is 6.17. The summed E-state index contributed by atoms with van der Waals surface area (Å²) in [6.45, 7) is 9.38. The number of ether oxygens (including phenoxy) is 1. The maximum atomic E-state index is 12.8. The van der Waals surface area contributed by atoms with Gasteiger partial charge in [0.05, 0.1) is 6.54 Å². The maximum Gasteiger partial charge on any atom is 0.146 e. The number of hydrogen-bond donors (Lipinski definition) is 1. The second-order valence-electron chi connectivity index (χ2n) is 6.17. The molecule has 0 saturated carbocycles. The van der Waals surface area contributed by atoms with Crippen molar-refractivity contribution in [2.75, 3.05) is 0 Å². The summed E-state index contributed by atoms with van der Waals surface area (Å²) >= 11 is 0. The van der Waals surface area contributed by atoms with E-state index < -0.39 is 0 Å². The van der Waals surface area contributed by atoms with Gasteiger partial charge in [0.15, 0.2) is 0 Å². The molecule has 0 amide bonds. The van der Waals surface area contributed by atoms with Crippen LogP contribution < -0.4 is 10.1 Å². The summed E-state index contributed by atoms with van der Waals surface area (Å²) in [6.07, 6.45) is 0. The quantitative estimate of drug-likeness (QED) is 0.896. The summed E-state index contributed by atoms with van der Waals surface area (Å²) < 4.78 is 24.2. The number of nitrogens with one attached hydrogen (secondary N) is 1. The molecule has 1 N–H and O–H groups in total. The monoisotopic (exact) mass is 291 g/mol. The number of hydrogen-bond acceptors (Lipinski definition) is 3. The number of aryl methyl sites for hydroxylation is 1. The molecule has 0 aliphatic rings. The molecular weight excluding hydrogens is 269 g/mol. The first-order valence-corrected chi connectivity index (χ1v) is 7.05. The summed E-state index contributed by atoms with van der Waals surface area (Å²) in [4.78, 5) is 0. The molecule has 1 heterocycles. The molecule has 0 unspecified atom stereocenters. The van der Waals surface area contributed by atoms with Gasteiger partial charge in [-0.25, -0.2) is 4.39 Å². The lowest BCUT2D eigenvalue weighted by Gasteiger charge is -2.19. The van der Waals surface area contributed by atoms with Crippen LogP contribution in [-0.2, 0) is 13.2 Å². The Labute approximate surface area is 125 Å². The molecule has 0 fully saturated rings. The predicted octanol–water partition coefficient (Wildman–Crippen LogP) is 4.19. The van der Waals surface area contributed by atoms with E-state index in [0.29, 0.717) is 18.9 Å². The van der Waals surface area contributed by atoms with E-state index in [1.807, 2.05) is 13.0 Å². The van der Waals surface area contributed by atoms with Crippen molar-refractivity contribution in [2.24, 2.45) is 0 Å². The molecule has 0 aliphatic heterocycles. The van der Waals surface area contributed by atoms with Gasteiger partial charge in [-0.05, 0) is 63.6 Å². The number of rotatable bonds is 5. The van der Waals surface area contributed by atoms with Crippen molar-refractivity contribution in [1.82, 2.24) is 5.32 Å². The van der Waals surface area contributed by atoms with E-state index in [9.17, 15) is 4.39 Å². The van der Waals surface area contributed by atoms with Gasteiger partial charge in [-0.3, -0.25) is 0 Å². The zero-order chi connectivity index (χ0) is 15.5. The molecule has 2 aromatic rings. The first-order valence-electron chi connectivity index (χ1n) is 7.05. The minimum atomic E-state index is -0.272. The van der Waals surface area contributed by atoms with Crippen molar-refractivity contribution < 1.29 is 13.5 Å². The number of benzene rings is 1. The first kappa shape index (κ1) is 15.6. The Kier molecular flexibility index (Phi) is 4.68. The molecule has 0 saturated heterocycles. The Morgan fingerprint density at radius 2 is 1.86 bits per heavy atom. The summed E-state index contributed by atoms with van der Waals surface area (Å²) in [5.41, 5.74) is 1.15. The van der Waals surface area contributed by atoms with Crippen LogP contribution in [0.25, 0.3) is 0 Å². The minimum absolute atomic E-state index is 0.0456. The summed E-state index contributed by atoms with van der Waals surface area (Å²) in [5, 5.41) is 3.40. The fourth-order valence-corrected chi connectivity index (χ4v) is 1.87. The zero-order valence-electron chi connectivity index (χ0n) is 13.0. The van der Waals surface area contributed by atoms with Crippen molar-refractivity contribution in [2.45, 2.75) is 46.4 Å². The lowest BCUT2D eigenvalue weighted by Crippen LogP contribution is -2.35. The van der Waals surface area contributed by atoms with Crippen LogP contribution in [0.1, 0.15) is 37.9 Å². The van der Waals surface area contributed by atoms with Crippen molar-refractivity contribution in [3.8, 4) is 5.75 Å². The van der Waals surface area contributed by atoms with Crippen LogP contribution in [0.15, 0.2) is 34.7 Å². The maximum absolute atomic E-state index is 12.8. The van der Waals surface area contributed by atoms with Crippen LogP contribution in [0, 0.1) is 12.7 Å². The van der Waals surface area contributed by atoms with E-state index >= 15 is 0 Å². The highest BCUT2D eigenvalue weighted by atomic mass is 19.1. The third kappa shape index (κ3) is 4.90. The van der Waals surface area contributed by atoms with Crippen LogP contribution in [0.3, 0.4) is 0 Å². The van der Waals surface area contributed by atoms with E-state index in [2.05, 4.69) is 26.1 Å². The molecule has 4 heteroatoms. The molecule has 0 aliphatic carbocycles. The molecule has 3 nitrogen and oxygen atoms in total. The van der Waals surface area contributed by atoms with E-state index in [1.165, 1.54) is 12.1 Å². The number of furan rings is 1. The molecular formula is C17H22FNO2. The molecule has 0 bridgehead atoms. The average molecular weight is 291 g/mol. The third-order valence-electron chi connectivity index (χ3n) is 3.05. The van der Waals surface area contributed by atoms with E-state index in [-0.39, 0.29) is 11.4 Å². The van der Waals surface area contributed by atoms with Crippen molar-refractivity contribution in [3.05, 3.63) is 53.2 Å². The van der Waals surface area contributed by atoms with Gasteiger partial charge in [0.25, 0.3) is 0 Å². The second kappa shape index (κ2) is 6.31. The van der Waals surface area contributed by atoms with Crippen molar-refractivity contribution in [1.29, 1.82) is 0 Å². The highest BCUT2D eigenvalue weighted by Gasteiger charge is 2.13. The summed E-state index contributed by atoms with van der Waals surface area (Å²) in [7, 11) is 0. The van der Waals surface area contributed by atoms with Gasteiger partial charge >= 0.3 is 0 Å². The lowest BCUT2D eigenvalue weighted by molar-refractivity contribution is 0.262. The topological polar surface area (TPSA) is 34.4 Å². The zero-order valence-corrected chi connectivity index (χ0v) is 13.0. The highest BCUT2D eigenvalue weighted by molar-refractivity contribution is 5.23. The third-order valence-corrected chi connectivity index (χ3v) is 3.05. The Hall–Kier alpha value is -1.81. The van der Waals surface area contributed by atoms with Gasteiger partial charge in [-0.1, -0.05) is 0 Å². The Morgan fingerprint density at radius 1 is 1.19 bits per heavy atom. The Bertz CT molecular complexity index is 582. The molecule has 21 heavy (non-hydrogen) atoms. The molecule has 1 aromatic carbocycles. The standard InChI is InChI=1S/C17H22FNO2/c1-12-9-15(21-16(12)10-19-17(2,3)4)11-20-14-7-5-13(18)6-8-14/h5-9,19H,10-11H2,1-4H3. The Morgan fingerprint density at radius 3 is 2.48 bits per heavy atom. The van der Waals surface area contributed by atoms with E-state index in [0.717, 1.165) is 17.1 Å². The molecule has 1 aromatic heterocycles. The summed E-state index contributed by atoms with van der Waals surface area (Å²) in [5.74, 6) is 2.04. The van der Waals surface area contributed by atoms with Gasteiger partial charge in [0.2, 0.25) is 0 Å². The fraction of sp³-hybridized carbons (Fsp3) is 0.412. The van der Waals surface area contributed by atoms with Gasteiger partial charge in [0, 0.05) is 5.54 Å². The SMILES string of the molecule is Cc1cc(COc2ccc(F)cc2)oc1CNC(C)(C)C. The molecule has 2 rings (SSSR count). The molecule has 114 valence electrons.